The van der Waals surface area contributed by atoms with Crippen LogP contribution in [0.3, 0.4) is 0 Å². The highest BCUT2D eigenvalue weighted by Crippen LogP contribution is 2.31. The van der Waals surface area contributed by atoms with Crippen molar-refractivity contribution in [1.82, 2.24) is 5.32 Å². The van der Waals surface area contributed by atoms with Crippen molar-refractivity contribution in [3.8, 4) is 0 Å². The number of carbonyl (C=O) groups is 3. The molecule has 1 fully saturated rings. The van der Waals surface area contributed by atoms with Gasteiger partial charge in [0.2, 0.25) is 11.8 Å². The summed E-state index contributed by atoms with van der Waals surface area (Å²) in [4.78, 5) is 42.1. The minimum atomic E-state index is -0.837. The molecule has 34 heavy (non-hydrogen) atoms. The van der Waals surface area contributed by atoms with Crippen LogP contribution in [-0.2, 0) is 16.0 Å². The van der Waals surface area contributed by atoms with Crippen molar-refractivity contribution in [1.29, 1.82) is 0 Å². The Morgan fingerprint density at radius 1 is 1.03 bits per heavy atom. The molecule has 176 valence electrons. The second-order valence-corrected chi connectivity index (χ2v) is 9.96. The lowest BCUT2D eigenvalue weighted by Crippen LogP contribution is -2.46. The third-order valence-corrected chi connectivity index (χ3v) is 7.18. The molecule has 0 bridgehead atoms. The number of benzene rings is 2. The molecule has 1 aliphatic rings. The van der Waals surface area contributed by atoms with Gasteiger partial charge in [0.1, 0.15) is 6.04 Å². The van der Waals surface area contributed by atoms with Crippen molar-refractivity contribution in [2.75, 3.05) is 4.90 Å². The fourth-order valence-electron chi connectivity index (χ4n) is 4.48. The highest BCUT2D eigenvalue weighted by Gasteiger charge is 2.34. The lowest BCUT2D eigenvalue weighted by Gasteiger charge is -2.32. The van der Waals surface area contributed by atoms with Crippen molar-refractivity contribution in [2.24, 2.45) is 0 Å². The first-order valence-electron chi connectivity index (χ1n) is 11.7. The number of hydrogen-bond donors (Lipinski definition) is 1. The van der Waals surface area contributed by atoms with Gasteiger partial charge in [-0.05, 0) is 55.8 Å². The fourth-order valence-corrected chi connectivity index (χ4v) is 5.17. The second-order valence-electron chi connectivity index (χ2n) is 8.93. The molecule has 1 N–H and O–H groups in total. The fraction of sp³-hybridized carbons (Fsp3) is 0.321. The summed E-state index contributed by atoms with van der Waals surface area (Å²) in [6.07, 6.45) is 4.29. The van der Waals surface area contributed by atoms with E-state index >= 15 is 0 Å². The van der Waals surface area contributed by atoms with Gasteiger partial charge in [-0.3, -0.25) is 19.3 Å². The minimum Gasteiger partial charge on any atom is -0.351 e. The molecule has 2 aromatic carbocycles. The van der Waals surface area contributed by atoms with E-state index in [1.54, 1.807) is 29.2 Å². The van der Waals surface area contributed by atoms with E-state index in [0.29, 0.717) is 11.3 Å². The molecule has 0 radical (unpaired) electrons. The number of Topliss-reactive ketones (excluding diaryl/α,β-unsaturated/α-hetero) is 1. The van der Waals surface area contributed by atoms with E-state index in [0.717, 1.165) is 41.7 Å². The van der Waals surface area contributed by atoms with Gasteiger partial charge in [-0.15, -0.1) is 11.3 Å². The molecule has 0 aliphatic heterocycles. The van der Waals surface area contributed by atoms with E-state index in [9.17, 15) is 14.4 Å². The van der Waals surface area contributed by atoms with Crippen molar-refractivity contribution in [3.63, 3.8) is 0 Å². The Kier molecular flexibility index (Phi) is 7.58. The smallest absolute Gasteiger partial charge is 0.248 e. The van der Waals surface area contributed by atoms with Crippen LogP contribution in [0.2, 0.25) is 0 Å². The van der Waals surface area contributed by atoms with Gasteiger partial charge in [0.15, 0.2) is 5.78 Å². The summed E-state index contributed by atoms with van der Waals surface area (Å²) in [6, 6.07) is 17.9. The van der Waals surface area contributed by atoms with Gasteiger partial charge in [0.25, 0.3) is 0 Å². The summed E-state index contributed by atoms with van der Waals surface area (Å²) < 4.78 is 0. The summed E-state index contributed by atoms with van der Waals surface area (Å²) in [5.74, 6) is -0.464. The van der Waals surface area contributed by atoms with Gasteiger partial charge in [0, 0.05) is 22.2 Å². The molecule has 6 heteroatoms. The summed E-state index contributed by atoms with van der Waals surface area (Å²) in [7, 11) is 0. The van der Waals surface area contributed by atoms with Crippen molar-refractivity contribution >= 4 is 34.6 Å². The minimum absolute atomic E-state index is 0.0881. The van der Waals surface area contributed by atoms with Gasteiger partial charge in [0.05, 0.1) is 6.42 Å². The Labute approximate surface area is 204 Å². The summed E-state index contributed by atoms with van der Waals surface area (Å²) in [6.45, 7) is 3.49. The van der Waals surface area contributed by atoms with Crippen molar-refractivity contribution in [2.45, 2.75) is 58.0 Å². The molecule has 1 atom stereocenters. The van der Waals surface area contributed by atoms with Crippen LogP contribution in [0.4, 0.5) is 5.69 Å². The normalized spacial score (nSPS) is 14.5. The zero-order valence-electron chi connectivity index (χ0n) is 19.6. The molecule has 5 nitrogen and oxygen atoms in total. The van der Waals surface area contributed by atoms with E-state index in [2.05, 4.69) is 5.32 Å². The van der Waals surface area contributed by atoms with Gasteiger partial charge in [-0.25, -0.2) is 0 Å². The molecule has 4 rings (SSSR count). The first-order chi connectivity index (χ1) is 16.4. The predicted octanol–water partition coefficient (Wildman–Crippen LogP) is 5.63. The molecule has 2 amide bonds. The van der Waals surface area contributed by atoms with E-state index in [1.165, 1.54) is 18.3 Å². The Morgan fingerprint density at radius 2 is 1.76 bits per heavy atom. The summed E-state index contributed by atoms with van der Waals surface area (Å²) >= 11 is 1.51. The first kappa shape index (κ1) is 23.9. The Hall–Kier alpha value is -3.25. The van der Waals surface area contributed by atoms with Crippen LogP contribution in [-0.4, -0.2) is 23.6 Å². The molecule has 1 aliphatic carbocycles. The van der Waals surface area contributed by atoms with Gasteiger partial charge in [-0.1, -0.05) is 60.9 Å². The monoisotopic (exact) mass is 474 g/mol. The topological polar surface area (TPSA) is 66.5 Å². The molecule has 3 aromatic rings. The van der Waals surface area contributed by atoms with E-state index < -0.39 is 6.04 Å². The zero-order valence-corrected chi connectivity index (χ0v) is 20.4. The van der Waals surface area contributed by atoms with Gasteiger partial charge < -0.3 is 5.32 Å². The summed E-state index contributed by atoms with van der Waals surface area (Å²) in [5.41, 5.74) is 2.87. The lowest BCUT2D eigenvalue weighted by atomic mass is 10.00. The standard InChI is InChI=1S/C28H30N2O3S/c1-19-12-14-21(15-13-19)27(28(33)29-23-8-3-4-9-23)30(26(32)18-25-11-6-16-34-25)24-10-5-7-22(17-24)20(2)31/h5-7,10-17,23,27H,3-4,8-9,18H2,1-2H3,(H,29,33)/t27-/m0/s1. The van der Waals surface area contributed by atoms with Gasteiger partial charge in [-0.2, -0.15) is 0 Å². The number of aryl methyl sites for hydroxylation is 1. The van der Waals surface area contributed by atoms with Crippen LogP contribution < -0.4 is 10.2 Å². The number of nitrogens with one attached hydrogen (secondary N) is 1. The number of carbonyl (C=O) groups excluding carboxylic acids is 3. The average molecular weight is 475 g/mol. The highest BCUT2D eigenvalue weighted by molar-refractivity contribution is 7.10. The molecular formula is C28H30N2O3S. The maximum Gasteiger partial charge on any atom is 0.248 e. The van der Waals surface area contributed by atoms with E-state index in [4.69, 9.17) is 0 Å². The Morgan fingerprint density at radius 3 is 2.41 bits per heavy atom. The zero-order chi connectivity index (χ0) is 24.1. The largest absolute Gasteiger partial charge is 0.351 e. The van der Waals surface area contributed by atoms with Crippen LogP contribution in [0.1, 0.15) is 65.0 Å². The number of thiophene rings is 1. The highest BCUT2D eigenvalue weighted by atomic mass is 32.1. The quantitative estimate of drug-likeness (QED) is 0.430. The maximum absolute atomic E-state index is 13.8. The molecule has 1 heterocycles. The number of nitrogens with zero attached hydrogens (tertiary/aromatic N) is 1. The molecule has 1 saturated carbocycles. The van der Waals surface area contributed by atoms with Crippen molar-refractivity contribution in [3.05, 3.63) is 87.6 Å². The molecule has 1 aromatic heterocycles. The Balaban J connectivity index is 1.79. The molecule has 0 saturated heterocycles. The predicted molar refractivity (Wildman–Crippen MR) is 136 cm³/mol. The van der Waals surface area contributed by atoms with Crippen LogP contribution in [0.5, 0.6) is 0 Å². The lowest BCUT2D eigenvalue weighted by molar-refractivity contribution is -0.127. The van der Waals surface area contributed by atoms with Crippen LogP contribution in [0, 0.1) is 6.92 Å². The van der Waals surface area contributed by atoms with Crippen LogP contribution in [0.15, 0.2) is 66.0 Å². The van der Waals surface area contributed by atoms with E-state index in [-0.39, 0.29) is 30.1 Å². The molecule has 0 unspecified atom stereocenters. The number of ketones is 1. The molecular weight excluding hydrogens is 444 g/mol. The van der Waals surface area contributed by atoms with Crippen LogP contribution >= 0.6 is 11.3 Å². The van der Waals surface area contributed by atoms with E-state index in [1.807, 2.05) is 48.7 Å². The maximum atomic E-state index is 13.8. The first-order valence-corrected chi connectivity index (χ1v) is 12.6. The average Bonchev–Trinajstić information content (AvgIpc) is 3.52. The number of anilines is 1. The Bertz CT molecular complexity index is 1150. The summed E-state index contributed by atoms with van der Waals surface area (Å²) in [5, 5.41) is 5.13. The molecule has 0 spiro atoms. The van der Waals surface area contributed by atoms with Crippen molar-refractivity contribution < 1.29 is 14.4 Å². The number of amides is 2. The second kappa shape index (κ2) is 10.8. The third kappa shape index (κ3) is 5.62. The number of hydrogen-bond acceptors (Lipinski definition) is 4. The third-order valence-electron chi connectivity index (χ3n) is 6.31. The van der Waals surface area contributed by atoms with Gasteiger partial charge >= 0.3 is 0 Å². The number of rotatable bonds is 8. The SMILES string of the molecule is CC(=O)c1cccc(N(C(=O)Cc2cccs2)[C@H](C(=O)NC2CCCC2)c2ccc(C)cc2)c1. The van der Waals surface area contributed by atoms with Crippen LogP contribution in [0.25, 0.3) is 0 Å².